The third kappa shape index (κ3) is 1.20. The van der Waals surface area contributed by atoms with Crippen molar-refractivity contribution >= 4 is 5.97 Å². The molecule has 4 bridgehead atoms. The largest absolute Gasteiger partial charge is 0.468 e. The Morgan fingerprint density at radius 2 is 0.690 bits per heavy atom. The monoisotopic (exact) mass is 464 g/mol. The maximum absolute atomic E-state index is 14.5. The van der Waals surface area contributed by atoms with Crippen LogP contribution in [0.3, 0.4) is 0 Å². The Morgan fingerprint density at radius 3 is 0.862 bits per heavy atom. The van der Waals surface area contributed by atoms with Gasteiger partial charge < -0.3 is 4.74 Å². The molecule has 4 saturated carbocycles. The predicted octanol–water partition coefficient (Wildman–Crippen LogP) is 4.12. The van der Waals surface area contributed by atoms with E-state index < -0.39 is 63.9 Å². The first-order valence-corrected chi connectivity index (χ1v) is 6.90. The van der Waals surface area contributed by atoms with Crippen molar-refractivity contribution < 1.29 is 75.4 Å². The topological polar surface area (TPSA) is 26.3 Å². The Balaban J connectivity index is 2.77. The molecule has 0 amide bonds. The van der Waals surface area contributed by atoms with E-state index in [1.165, 1.54) is 0 Å². The van der Waals surface area contributed by atoms with Gasteiger partial charge in [0.2, 0.25) is 0 Å². The average molecular weight is 464 g/mol. The molecule has 0 aliphatic heterocycles. The average Bonchev–Trinajstić information content (AvgIpc) is 2.54. The van der Waals surface area contributed by atoms with Crippen molar-refractivity contribution in [1.29, 1.82) is 0 Å². The van der Waals surface area contributed by atoms with Gasteiger partial charge in [-0.25, -0.2) is 39.5 Å². The van der Waals surface area contributed by atoms with Crippen molar-refractivity contribution in [1.82, 2.24) is 0 Å². The summed E-state index contributed by atoms with van der Waals surface area (Å²) in [7, 11) is -0.335. The quantitative estimate of drug-likeness (QED) is 0.432. The predicted molar refractivity (Wildman–Crippen MR) is 55.6 cm³/mol. The number of carbonyl (C=O) groups is 1. The molecule has 29 heavy (non-hydrogen) atoms. The maximum atomic E-state index is 14.5. The fourth-order valence-corrected chi connectivity index (χ4v) is 4.39. The lowest BCUT2D eigenvalue weighted by Gasteiger charge is -2.74. The first-order chi connectivity index (χ1) is 12.5. The van der Waals surface area contributed by atoms with E-state index in [2.05, 4.69) is 4.74 Å². The Morgan fingerprint density at radius 1 is 0.483 bits per heavy atom. The Kier molecular flexibility index (Phi) is 3.34. The van der Waals surface area contributed by atoms with Crippen LogP contribution in [0.1, 0.15) is 0 Å². The van der Waals surface area contributed by atoms with Crippen molar-refractivity contribution in [3.05, 3.63) is 0 Å². The molecule has 0 radical (unpaired) electrons. The van der Waals surface area contributed by atoms with Gasteiger partial charge in [-0.2, -0.15) is 26.3 Å². The highest BCUT2D eigenvalue weighted by Crippen LogP contribution is 2.90. The summed E-state index contributed by atoms with van der Waals surface area (Å²) in [6.07, 6.45) is 0. The van der Waals surface area contributed by atoms with Crippen molar-refractivity contribution in [2.24, 2.45) is 5.41 Å². The van der Waals surface area contributed by atoms with E-state index in [9.17, 15) is 70.7 Å². The summed E-state index contributed by atoms with van der Waals surface area (Å²) in [5.74, 6) is -50.9. The normalized spacial score (nSPS) is 49.0. The third-order valence-electron chi connectivity index (χ3n) is 5.80. The van der Waals surface area contributed by atoms with Crippen LogP contribution in [-0.4, -0.2) is 65.6 Å². The Bertz CT molecular complexity index is 703. The molecule has 4 aliphatic carbocycles. The van der Waals surface area contributed by atoms with Crippen molar-refractivity contribution in [2.45, 2.75) is 52.5 Å². The van der Waals surface area contributed by atoms with E-state index in [4.69, 9.17) is 0 Å². The molecule has 0 unspecified atom stereocenters. The summed E-state index contributed by atoms with van der Waals surface area (Å²) in [6, 6.07) is 0. The van der Waals surface area contributed by atoms with Gasteiger partial charge in [-0.1, -0.05) is 0 Å². The minimum absolute atomic E-state index is 0.335. The highest BCUT2D eigenvalue weighted by atomic mass is 19.3. The van der Waals surface area contributed by atoms with Crippen LogP contribution >= 0.6 is 0 Å². The van der Waals surface area contributed by atoms with Crippen LogP contribution in [0.15, 0.2) is 0 Å². The second kappa shape index (κ2) is 4.38. The fourth-order valence-electron chi connectivity index (χ4n) is 4.39. The maximum Gasteiger partial charge on any atom is 0.339 e. The van der Waals surface area contributed by atoms with Crippen molar-refractivity contribution in [2.75, 3.05) is 7.11 Å². The molecule has 0 aromatic heterocycles. The zero-order chi connectivity index (χ0) is 23.3. The summed E-state index contributed by atoms with van der Waals surface area (Å²) in [5.41, 5.74) is -30.5. The fraction of sp³-hybridized carbons (Fsp3) is 0.917. The summed E-state index contributed by atoms with van der Waals surface area (Å²) in [6.45, 7) is 0. The summed E-state index contributed by atoms with van der Waals surface area (Å²) >= 11 is 0. The van der Waals surface area contributed by atoms with Gasteiger partial charge >= 0.3 is 58.5 Å². The van der Waals surface area contributed by atoms with Gasteiger partial charge in [0, 0.05) is 0 Å². The van der Waals surface area contributed by atoms with E-state index in [-0.39, 0.29) is 7.11 Å². The molecule has 4 rings (SSSR count). The zero-order valence-electron chi connectivity index (χ0n) is 13.0. The highest BCUT2D eigenvalue weighted by Gasteiger charge is 3.24. The summed E-state index contributed by atoms with van der Waals surface area (Å²) in [5, 5.41) is 0. The van der Waals surface area contributed by atoms with Gasteiger partial charge in [-0.3, -0.25) is 4.79 Å². The first kappa shape index (κ1) is 22.1. The molecule has 2 nitrogen and oxygen atoms in total. The van der Waals surface area contributed by atoms with Gasteiger partial charge in [-0.15, -0.1) is 0 Å². The molecule has 4 fully saturated rings. The Hall–Kier alpha value is -1.58. The molecule has 0 aromatic carbocycles. The van der Waals surface area contributed by atoms with Crippen molar-refractivity contribution in [3.8, 4) is 0 Å². The van der Waals surface area contributed by atoms with Crippen LogP contribution in [0.4, 0.5) is 65.9 Å². The lowest BCUT2D eigenvalue weighted by molar-refractivity contribution is -0.604. The zero-order valence-corrected chi connectivity index (χ0v) is 13.0. The standard InChI is InChI=1S/C12H3F15O2/c1-29-2(28)3-7(16,17)4(13)10(22,23)5(14,8(3,18)19)12(26,27)6(15,9(3,20)21)11(4,24)25/h1H3. The van der Waals surface area contributed by atoms with E-state index in [1.54, 1.807) is 0 Å². The Labute approximate surface area is 147 Å². The lowest BCUT2D eigenvalue weighted by Crippen LogP contribution is -3.08. The van der Waals surface area contributed by atoms with E-state index in [0.717, 1.165) is 0 Å². The number of hydrogen-bond donors (Lipinski definition) is 0. The van der Waals surface area contributed by atoms with Gasteiger partial charge in [0.25, 0.3) is 5.41 Å². The lowest BCUT2D eigenvalue weighted by atomic mass is 9.36. The molecule has 0 spiro atoms. The summed E-state index contributed by atoms with van der Waals surface area (Å²) < 4.78 is 217. The molecule has 0 aromatic rings. The van der Waals surface area contributed by atoms with Gasteiger partial charge in [-0.05, 0) is 0 Å². The number of alkyl halides is 15. The first-order valence-electron chi connectivity index (χ1n) is 6.90. The van der Waals surface area contributed by atoms with Gasteiger partial charge in [0.05, 0.1) is 7.11 Å². The smallest absolute Gasteiger partial charge is 0.339 e. The second-order valence-electron chi connectivity index (χ2n) is 6.66. The van der Waals surface area contributed by atoms with Crippen molar-refractivity contribution in [3.63, 3.8) is 0 Å². The van der Waals surface area contributed by atoms with E-state index in [0.29, 0.717) is 0 Å². The molecule has 0 heterocycles. The number of ether oxygens (including phenoxy) is 1. The molecule has 0 N–H and O–H groups in total. The minimum Gasteiger partial charge on any atom is -0.468 e. The summed E-state index contributed by atoms with van der Waals surface area (Å²) in [4.78, 5) is 11.5. The molecule has 0 saturated heterocycles. The molecular weight excluding hydrogens is 461 g/mol. The van der Waals surface area contributed by atoms with Crippen LogP contribution in [-0.2, 0) is 9.53 Å². The molecule has 17 heteroatoms. The molecule has 0 atom stereocenters. The molecular formula is C12H3F15O2. The van der Waals surface area contributed by atoms with E-state index >= 15 is 0 Å². The number of halogens is 15. The number of esters is 1. The minimum atomic E-state index is -7.90. The van der Waals surface area contributed by atoms with Crippen LogP contribution in [0.25, 0.3) is 0 Å². The number of rotatable bonds is 1. The van der Waals surface area contributed by atoms with Crippen LogP contribution < -0.4 is 0 Å². The third-order valence-corrected chi connectivity index (χ3v) is 5.80. The van der Waals surface area contributed by atoms with Crippen LogP contribution in [0, 0.1) is 5.41 Å². The molecule has 168 valence electrons. The number of carbonyl (C=O) groups excluding carboxylic acids is 1. The van der Waals surface area contributed by atoms with Gasteiger partial charge in [0.15, 0.2) is 0 Å². The van der Waals surface area contributed by atoms with E-state index in [1.807, 2.05) is 0 Å². The van der Waals surface area contributed by atoms with Gasteiger partial charge in [0.1, 0.15) is 0 Å². The number of hydrogen-bond acceptors (Lipinski definition) is 2. The van der Waals surface area contributed by atoms with Crippen LogP contribution in [0.2, 0.25) is 0 Å². The SMILES string of the molecule is COC(=O)C12C(F)(F)C3(F)C(F)(F)C(F)(C(F)(F)C(F)(C3(F)F)C1(F)F)C2(F)F. The number of methoxy groups -OCH3 is 1. The van der Waals surface area contributed by atoms with Crippen LogP contribution in [0.5, 0.6) is 0 Å². The second-order valence-corrected chi connectivity index (χ2v) is 6.66. The highest BCUT2D eigenvalue weighted by molar-refractivity contribution is 5.85. The molecule has 4 aliphatic rings.